The lowest BCUT2D eigenvalue weighted by molar-refractivity contribution is 0.126. The number of aliphatic hydroxyl groups excluding tert-OH is 1. The van der Waals surface area contributed by atoms with Gasteiger partial charge < -0.3 is 15.7 Å². The highest BCUT2D eigenvalue weighted by molar-refractivity contribution is 6.30. The van der Waals surface area contributed by atoms with Crippen molar-refractivity contribution in [3.05, 3.63) is 59.9 Å². The van der Waals surface area contributed by atoms with Crippen molar-refractivity contribution < 1.29 is 5.11 Å². The molecule has 6 nitrogen and oxygen atoms in total. The third-order valence-electron chi connectivity index (χ3n) is 4.87. The average Bonchev–Trinajstić information content (AvgIpc) is 2.72. The Morgan fingerprint density at radius 2 is 1.75 bits per heavy atom. The Morgan fingerprint density at radius 1 is 0.964 bits per heavy atom. The Kier molecular flexibility index (Phi) is 5.69. The molecule has 3 N–H and O–H groups in total. The van der Waals surface area contributed by atoms with Crippen LogP contribution in [0.5, 0.6) is 0 Å². The van der Waals surface area contributed by atoms with E-state index in [1.807, 2.05) is 42.5 Å². The molecule has 1 aromatic carbocycles. The summed E-state index contributed by atoms with van der Waals surface area (Å²) in [5, 5.41) is 17.2. The second-order valence-corrected chi connectivity index (χ2v) is 7.39. The molecule has 3 aromatic rings. The maximum absolute atomic E-state index is 9.77. The molecule has 2 aromatic heterocycles. The minimum atomic E-state index is -0.194. The lowest BCUT2D eigenvalue weighted by Gasteiger charge is -2.27. The van der Waals surface area contributed by atoms with Gasteiger partial charge in [-0.15, -0.1) is 0 Å². The number of halogens is 1. The van der Waals surface area contributed by atoms with Crippen molar-refractivity contribution in [2.75, 3.05) is 10.6 Å². The van der Waals surface area contributed by atoms with Gasteiger partial charge in [-0.3, -0.25) is 4.98 Å². The monoisotopic (exact) mass is 395 g/mol. The molecular formula is C21H22ClN5O. The highest BCUT2D eigenvalue weighted by Crippen LogP contribution is 2.29. The molecule has 0 aliphatic heterocycles. The molecule has 4 rings (SSSR count). The first-order valence-corrected chi connectivity index (χ1v) is 9.81. The number of pyridine rings is 1. The molecule has 0 radical (unpaired) electrons. The highest BCUT2D eigenvalue weighted by atomic mass is 35.5. The van der Waals surface area contributed by atoms with E-state index in [4.69, 9.17) is 16.6 Å². The molecule has 1 aliphatic rings. The molecule has 0 saturated heterocycles. The molecule has 144 valence electrons. The first kappa shape index (κ1) is 18.7. The zero-order valence-corrected chi connectivity index (χ0v) is 16.1. The number of benzene rings is 1. The summed E-state index contributed by atoms with van der Waals surface area (Å²) in [5.41, 5.74) is 2.54. The van der Waals surface area contributed by atoms with Crippen LogP contribution in [0.15, 0.2) is 54.9 Å². The summed E-state index contributed by atoms with van der Waals surface area (Å²) < 4.78 is 0. The first-order valence-electron chi connectivity index (χ1n) is 9.43. The number of hydrogen-bond donors (Lipinski definition) is 3. The number of aromatic nitrogens is 3. The summed E-state index contributed by atoms with van der Waals surface area (Å²) >= 11 is 5.95. The molecule has 0 amide bonds. The molecule has 7 heteroatoms. The van der Waals surface area contributed by atoms with Crippen LogP contribution >= 0.6 is 11.6 Å². The van der Waals surface area contributed by atoms with Crippen LogP contribution in [0.3, 0.4) is 0 Å². The predicted molar refractivity (Wildman–Crippen MR) is 112 cm³/mol. The summed E-state index contributed by atoms with van der Waals surface area (Å²) in [6, 6.07) is 13.4. The largest absolute Gasteiger partial charge is 0.393 e. The Balaban J connectivity index is 1.61. The maximum atomic E-state index is 9.77. The minimum Gasteiger partial charge on any atom is -0.393 e. The first-order chi connectivity index (χ1) is 13.7. The van der Waals surface area contributed by atoms with Crippen LogP contribution in [0.4, 0.5) is 17.5 Å². The Hall–Kier alpha value is -2.70. The fourth-order valence-electron chi connectivity index (χ4n) is 3.34. The van der Waals surface area contributed by atoms with Gasteiger partial charge in [0.1, 0.15) is 5.82 Å². The van der Waals surface area contributed by atoms with Gasteiger partial charge in [0.15, 0.2) is 0 Å². The number of rotatable bonds is 5. The third-order valence-corrected chi connectivity index (χ3v) is 5.12. The van der Waals surface area contributed by atoms with E-state index in [1.165, 1.54) is 0 Å². The summed E-state index contributed by atoms with van der Waals surface area (Å²) in [6.07, 6.45) is 6.78. The van der Waals surface area contributed by atoms with E-state index in [2.05, 4.69) is 20.6 Å². The van der Waals surface area contributed by atoms with Gasteiger partial charge in [-0.1, -0.05) is 17.7 Å². The normalized spacial score (nSPS) is 19.2. The fraction of sp³-hybridized carbons (Fsp3) is 0.286. The van der Waals surface area contributed by atoms with Crippen molar-refractivity contribution in [3.63, 3.8) is 0 Å². The second kappa shape index (κ2) is 8.54. The third kappa shape index (κ3) is 4.58. The van der Waals surface area contributed by atoms with Crippen molar-refractivity contribution in [1.29, 1.82) is 0 Å². The molecule has 0 bridgehead atoms. The van der Waals surface area contributed by atoms with Crippen molar-refractivity contribution in [1.82, 2.24) is 15.0 Å². The van der Waals surface area contributed by atoms with Crippen LogP contribution in [0.1, 0.15) is 25.7 Å². The van der Waals surface area contributed by atoms with Gasteiger partial charge >= 0.3 is 0 Å². The standard InChI is InChI=1S/C21H22ClN5O/c22-14-4-6-16(7-5-14)26-21-24-13-18(19-3-1-2-12-23-19)20(27-21)25-15-8-10-17(28)11-9-15/h1-7,12-13,15,17,28H,8-11H2,(H2,24,25,26,27)/t15-,17-. The topological polar surface area (TPSA) is 83.0 Å². The molecule has 1 fully saturated rings. The lowest BCUT2D eigenvalue weighted by Crippen LogP contribution is -2.29. The molecule has 0 atom stereocenters. The minimum absolute atomic E-state index is 0.194. The van der Waals surface area contributed by atoms with E-state index in [0.29, 0.717) is 11.0 Å². The van der Waals surface area contributed by atoms with Gasteiger partial charge in [0.2, 0.25) is 5.95 Å². The van der Waals surface area contributed by atoms with Gasteiger partial charge in [0, 0.05) is 29.1 Å². The van der Waals surface area contributed by atoms with Crippen molar-refractivity contribution in [2.45, 2.75) is 37.8 Å². The summed E-state index contributed by atoms with van der Waals surface area (Å²) in [7, 11) is 0. The zero-order valence-electron chi connectivity index (χ0n) is 15.3. The fourth-order valence-corrected chi connectivity index (χ4v) is 3.46. The van der Waals surface area contributed by atoms with Crippen LogP contribution in [0, 0.1) is 0 Å². The van der Waals surface area contributed by atoms with E-state index in [9.17, 15) is 5.11 Å². The van der Waals surface area contributed by atoms with Gasteiger partial charge in [0.05, 0.1) is 17.4 Å². The quantitative estimate of drug-likeness (QED) is 0.583. The Morgan fingerprint density at radius 3 is 2.46 bits per heavy atom. The number of nitrogens with one attached hydrogen (secondary N) is 2. The number of aliphatic hydroxyl groups is 1. The van der Waals surface area contributed by atoms with Gasteiger partial charge in [0.25, 0.3) is 0 Å². The van der Waals surface area contributed by atoms with Gasteiger partial charge in [-0.2, -0.15) is 4.98 Å². The maximum Gasteiger partial charge on any atom is 0.229 e. The predicted octanol–water partition coefficient (Wildman–Crippen LogP) is 4.65. The van der Waals surface area contributed by atoms with E-state index >= 15 is 0 Å². The van der Waals surface area contributed by atoms with Crippen LogP contribution in [0.25, 0.3) is 11.3 Å². The van der Waals surface area contributed by atoms with Crippen molar-refractivity contribution in [2.24, 2.45) is 0 Å². The zero-order chi connectivity index (χ0) is 19.3. The smallest absolute Gasteiger partial charge is 0.229 e. The molecule has 0 spiro atoms. The van der Waals surface area contributed by atoms with Gasteiger partial charge in [-0.05, 0) is 62.1 Å². The van der Waals surface area contributed by atoms with Crippen molar-refractivity contribution >= 4 is 29.1 Å². The number of anilines is 3. The van der Waals surface area contributed by atoms with E-state index in [-0.39, 0.29) is 12.1 Å². The second-order valence-electron chi connectivity index (χ2n) is 6.95. The molecule has 28 heavy (non-hydrogen) atoms. The SMILES string of the molecule is O[C@H]1CC[C@H](Nc2nc(Nc3ccc(Cl)cc3)ncc2-c2ccccn2)CC1. The molecule has 2 heterocycles. The van der Waals surface area contributed by atoms with Crippen LogP contribution in [-0.2, 0) is 0 Å². The average molecular weight is 396 g/mol. The number of nitrogens with zero attached hydrogens (tertiary/aromatic N) is 3. The molecule has 0 unspecified atom stereocenters. The number of hydrogen-bond acceptors (Lipinski definition) is 6. The van der Waals surface area contributed by atoms with E-state index in [0.717, 1.165) is 48.4 Å². The van der Waals surface area contributed by atoms with E-state index < -0.39 is 0 Å². The Bertz CT molecular complexity index is 912. The lowest BCUT2D eigenvalue weighted by atomic mass is 9.93. The molecule has 1 aliphatic carbocycles. The highest BCUT2D eigenvalue weighted by Gasteiger charge is 2.21. The summed E-state index contributed by atoms with van der Waals surface area (Å²) in [4.78, 5) is 13.6. The van der Waals surface area contributed by atoms with E-state index in [1.54, 1.807) is 12.4 Å². The summed E-state index contributed by atoms with van der Waals surface area (Å²) in [6.45, 7) is 0. The summed E-state index contributed by atoms with van der Waals surface area (Å²) in [5.74, 6) is 1.24. The van der Waals surface area contributed by atoms with Crippen LogP contribution in [-0.4, -0.2) is 32.2 Å². The van der Waals surface area contributed by atoms with Crippen molar-refractivity contribution in [3.8, 4) is 11.3 Å². The van der Waals surface area contributed by atoms with Gasteiger partial charge in [-0.25, -0.2) is 4.98 Å². The molecular weight excluding hydrogens is 374 g/mol. The Labute approximate surface area is 169 Å². The molecule has 1 saturated carbocycles. The van der Waals surface area contributed by atoms with Crippen LogP contribution < -0.4 is 10.6 Å². The van der Waals surface area contributed by atoms with Crippen LogP contribution in [0.2, 0.25) is 5.02 Å².